The monoisotopic (exact) mass is 588 g/mol. The van der Waals surface area contributed by atoms with E-state index in [1.165, 1.54) is 24.3 Å². The number of Topliss-reactive ketones (excluding diaryl/α,β-unsaturated/α-hetero) is 1. The van der Waals surface area contributed by atoms with E-state index in [1.54, 1.807) is 30.5 Å². The van der Waals surface area contributed by atoms with Crippen molar-refractivity contribution in [2.75, 3.05) is 13.2 Å². The van der Waals surface area contributed by atoms with Gasteiger partial charge in [0.25, 0.3) is 0 Å². The van der Waals surface area contributed by atoms with Gasteiger partial charge >= 0.3 is 0 Å². The van der Waals surface area contributed by atoms with Gasteiger partial charge in [-0.05, 0) is 59.7 Å². The summed E-state index contributed by atoms with van der Waals surface area (Å²) >= 11 is 25.3. The lowest BCUT2D eigenvalue weighted by Gasteiger charge is -2.31. The molecule has 4 nitrogen and oxygen atoms in total. The van der Waals surface area contributed by atoms with E-state index in [0.29, 0.717) is 27.3 Å². The fraction of sp³-hybridized carbons (Fsp3) is 0.192. The first kappa shape index (κ1) is 28.6. The van der Waals surface area contributed by atoms with Gasteiger partial charge in [0.2, 0.25) is 0 Å². The lowest BCUT2D eigenvalue weighted by atomic mass is 10.1. The second-order valence-electron chi connectivity index (χ2n) is 8.02. The summed E-state index contributed by atoms with van der Waals surface area (Å²) in [5.74, 6) is -0.502. The van der Waals surface area contributed by atoms with Crippen LogP contribution in [0.15, 0.2) is 79.1 Å². The molecule has 0 N–H and O–H groups in total. The summed E-state index contributed by atoms with van der Waals surface area (Å²) < 4.78 is 19.4. The Balaban J connectivity index is 0.00000361. The Bertz CT molecular complexity index is 1210. The van der Waals surface area contributed by atoms with Crippen molar-refractivity contribution < 1.29 is 13.9 Å². The highest BCUT2D eigenvalue weighted by molar-refractivity contribution is 6.35. The molecule has 1 heterocycles. The minimum Gasteiger partial charge on any atom is -0.365 e. The van der Waals surface area contributed by atoms with Crippen LogP contribution < -0.4 is 0 Å². The van der Waals surface area contributed by atoms with E-state index in [2.05, 4.69) is 0 Å². The van der Waals surface area contributed by atoms with Crippen molar-refractivity contribution in [3.63, 3.8) is 0 Å². The van der Waals surface area contributed by atoms with Gasteiger partial charge in [-0.1, -0.05) is 64.6 Å². The van der Waals surface area contributed by atoms with Gasteiger partial charge in [0, 0.05) is 33.0 Å². The average Bonchev–Trinajstić information content (AvgIpc) is 3.30. The molecule has 3 aromatic rings. The molecule has 0 aliphatic carbocycles. The smallest absolute Gasteiger partial charge is 0.182 e. The van der Waals surface area contributed by atoms with Crippen molar-refractivity contribution in [3.05, 3.63) is 117 Å². The lowest BCUT2D eigenvalue weighted by molar-refractivity contribution is 0.00699. The molecule has 0 amide bonds. The van der Waals surface area contributed by atoms with Gasteiger partial charge < -0.3 is 14.5 Å². The summed E-state index contributed by atoms with van der Waals surface area (Å²) in [6.07, 6.45) is 3.08. The van der Waals surface area contributed by atoms with Crippen LogP contribution in [0.3, 0.4) is 0 Å². The first-order chi connectivity index (χ1) is 16.8. The number of carbonyl (C=O) groups excluding carboxylic acids is 1. The number of hydrogen-bond acceptors (Lipinski definition) is 4. The number of halogens is 6. The molecule has 0 fully saturated rings. The Kier molecular flexibility index (Phi) is 10.3. The van der Waals surface area contributed by atoms with Crippen LogP contribution in [0.5, 0.6) is 0 Å². The van der Waals surface area contributed by atoms with Gasteiger partial charge in [-0.15, -0.1) is 12.4 Å². The predicted octanol–water partition coefficient (Wildman–Crippen LogP) is 7.96. The summed E-state index contributed by atoms with van der Waals surface area (Å²) in [6.45, 7) is 0.738. The minimum atomic E-state index is -0.593. The highest BCUT2D eigenvalue weighted by Crippen LogP contribution is 2.33. The van der Waals surface area contributed by atoms with Gasteiger partial charge in [0.1, 0.15) is 17.4 Å². The van der Waals surface area contributed by atoms with E-state index in [1.807, 2.05) is 34.2 Å². The third-order valence-electron chi connectivity index (χ3n) is 5.53. The Labute approximate surface area is 235 Å². The van der Waals surface area contributed by atoms with E-state index in [4.69, 9.17) is 51.1 Å². The molecule has 2 unspecified atom stereocenters. The van der Waals surface area contributed by atoms with Crippen molar-refractivity contribution >= 4 is 64.6 Å². The molecule has 0 spiro atoms. The van der Waals surface area contributed by atoms with E-state index < -0.39 is 11.6 Å². The van der Waals surface area contributed by atoms with Gasteiger partial charge in [-0.2, -0.15) is 0 Å². The van der Waals surface area contributed by atoms with Crippen molar-refractivity contribution in [2.45, 2.75) is 18.2 Å². The molecule has 1 aliphatic rings. The maximum absolute atomic E-state index is 13.2. The highest BCUT2D eigenvalue weighted by Gasteiger charge is 2.30. The fourth-order valence-electron chi connectivity index (χ4n) is 3.64. The number of carbonyl (C=O) groups is 1. The van der Waals surface area contributed by atoms with Crippen LogP contribution >= 0.6 is 58.8 Å². The van der Waals surface area contributed by atoms with Crippen LogP contribution in [0.1, 0.15) is 27.6 Å². The van der Waals surface area contributed by atoms with Crippen LogP contribution in [-0.4, -0.2) is 34.3 Å². The number of ether oxygens (including phenoxy) is 1. The zero-order chi connectivity index (χ0) is 24.9. The summed E-state index contributed by atoms with van der Waals surface area (Å²) in [7, 11) is 0. The average molecular weight is 591 g/mol. The standard InChI is InChI=1S/C26H21Cl4FN2O2.ClH/c27-20-6-1-18(2-7-20)25(35-15-19-3-8-21(28)13-23(19)29)26(30)33-12-11-32(16-33)14-24(34)17-4-9-22(31)10-5-17;/h1-13,25-26H,14-16H2;1H. The zero-order valence-electron chi connectivity index (χ0n) is 18.8. The highest BCUT2D eigenvalue weighted by atomic mass is 35.5. The van der Waals surface area contributed by atoms with Crippen molar-refractivity contribution in [2.24, 2.45) is 0 Å². The Morgan fingerprint density at radius 1 is 0.944 bits per heavy atom. The van der Waals surface area contributed by atoms with Gasteiger partial charge in [0.15, 0.2) is 5.78 Å². The topological polar surface area (TPSA) is 32.8 Å². The van der Waals surface area contributed by atoms with Crippen LogP contribution in [0.2, 0.25) is 15.1 Å². The third-order valence-corrected chi connectivity index (χ3v) is 6.84. The molecule has 0 saturated carbocycles. The lowest BCUT2D eigenvalue weighted by Crippen LogP contribution is -2.37. The molecule has 0 aromatic heterocycles. The molecule has 10 heteroatoms. The van der Waals surface area contributed by atoms with Crippen molar-refractivity contribution in [1.29, 1.82) is 0 Å². The molecule has 0 radical (unpaired) electrons. The van der Waals surface area contributed by atoms with E-state index in [0.717, 1.165) is 11.1 Å². The summed E-state index contributed by atoms with van der Waals surface area (Å²) in [4.78, 5) is 16.3. The molecule has 4 rings (SSSR count). The summed E-state index contributed by atoms with van der Waals surface area (Å²) in [5.41, 5.74) is 1.48. The van der Waals surface area contributed by atoms with Crippen LogP contribution in [0.25, 0.3) is 0 Å². The SMILES string of the molecule is Cl.O=C(CN1C=CN(C(Cl)C(OCc2ccc(Cl)cc2Cl)c2ccc(Cl)cc2)C1)c1ccc(F)cc1. The quantitative estimate of drug-likeness (QED) is 0.144. The van der Waals surface area contributed by atoms with Gasteiger partial charge in [-0.25, -0.2) is 4.39 Å². The normalized spacial score (nSPS) is 14.5. The second-order valence-corrected chi connectivity index (χ2v) is 9.75. The number of hydrogen-bond donors (Lipinski definition) is 0. The second kappa shape index (κ2) is 13.0. The molecular weight excluding hydrogens is 569 g/mol. The molecule has 2 atom stereocenters. The van der Waals surface area contributed by atoms with Gasteiger partial charge in [0.05, 0.1) is 19.8 Å². The first-order valence-electron chi connectivity index (χ1n) is 10.7. The minimum absolute atomic E-state index is 0. The van der Waals surface area contributed by atoms with Crippen LogP contribution in [-0.2, 0) is 11.3 Å². The van der Waals surface area contributed by atoms with E-state index in [-0.39, 0.29) is 37.2 Å². The number of benzene rings is 3. The summed E-state index contributed by atoms with van der Waals surface area (Å²) in [6, 6.07) is 18.0. The number of ketones is 1. The molecule has 3 aromatic carbocycles. The molecule has 36 heavy (non-hydrogen) atoms. The zero-order valence-corrected chi connectivity index (χ0v) is 22.6. The summed E-state index contributed by atoms with van der Waals surface area (Å²) in [5, 5.41) is 1.65. The van der Waals surface area contributed by atoms with Crippen molar-refractivity contribution in [3.8, 4) is 0 Å². The predicted molar refractivity (Wildman–Crippen MR) is 146 cm³/mol. The van der Waals surface area contributed by atoms with Crippen molar-refractivity contribution in [1.82, 2.24) is 9.80 Å². The van der Waals surface area contributed by atoms with Gasteiger partial charge in [-0.3, -0.25) is 4.79 Å². The maximum atomic E-state index is 13.2. The molecule has 0 saturated heterocycles. The largest absolute Gasteiger partial charge is 0.365 e. The first-order valence-corrected chi connectivity index (χ1v) is 12.3. The van der Waals surface area contributed by atoms with E-state index >= 15 is 0 Å². The third kappa shape index (κ3) is 7.28. The molecular formula is C26H22Cl5FN2O2. The van der Waals surface area contributed by atoms with E-state index in [9.17, 15) is 9.18 Å². The van der Waals surface area contributed by atoms with Crippen LogP contribution in [0.4, 0.5) is 4.39 Å². The fourth-order valence-corrected chi connectivity index (χ4v) is 4.57. The number of rotatable bonds is 9. The molecule has 190 valence electrons. The maximum Gasteiger partial charge on any atom is 0.182 e. The molecule has 1 aliphatic heterocycles. The molecule has 0 bridgehead atoms. The van der Waals surface area contributed by atoms with Crippen LogP contribution in [0, 0.1) is 5.82 Å². The number of alkyl halides is 1. The Morgan fingerprint density at radius 2 is 1.61 bits per heavy atom. The Hall–Kier alpha value is -1.99. The number of nitrogens with zero attached hydrogens (tertiary/aromatic N) is 2. The Morgan fingerprint density at radius 3 is 2.28 bits per heavy atom.